The van der Waals surface area contributed by atoms with Crippen LogP contribution in [0.3, 0.4) is 0 Å². The second-order valence-electron chi connectivity index (χ2n) is 6.37. The molecule has 0 bridgehead atoms. The van der Waals surface area contributed by atoms with Crippen LogP contribution in [0, 0.1) is 0 Å². The monoisotopic (exact) mass is 407 g/mol. The number of rotatable bonds is 5. The van der Waals surface area contributed by atoms with E-state index in [1.54, 1.807) is 31.2 Å². The molecule has 0 radical (unpaired) electrons. The lowest BCUT2D eigenvalue weighted by atomic mass is 9.95. The average Bonchev–Trinajstić information content (AvgIpc) is 3.12. The molecular formula is C21H20F3NO2S. The van der Waals surface area contributed by atoms with Gasteiger partial charge in [-0.3, -0.25) is 0 Å². The molecule has 0 aliphatic heterocycles. The zero-order valence-electron chi connectivity index (χ0n) is 15.5. The topological polar surface area (TPSA) is 39.1 Å². The minimum absolute atomic E-state index is 0.131. The molecule has 0 fully saturated rings. The van der Waals surface area contributed by atoms with Crippen molar-refractivity contribution in [1.82, 2.24) is 3.97 Å². The van der Waals surface area contributed by atoms with Crippen molar-refractivity contribution in [2.45, 2.75) is 37.8 Å². The van der Waals surface area contributed by atoms with Gasteiger partial charge in [0.25, 0.3) is 10.0 Å². The van der Waals surface area contributed by atoms with Gasteiger partial charge in [0.1, 0.15) is 0 Å². The molecule has 3 nitrogen and oxygen atoms in total. The van der Waals surface area contributed by atoms with Crippen molar-refractivity contribution in [2.24, 2.45) is 0 Å². The molecule has 0 saturated carbocycles. The van der Waals surface area contributed by atoms with Gasteiger partial charge in [-0.15, -0.1) is 0 Å². The highest BCUT2D eigenvalue weighted by Crippen LogP contribution is 2.36. The Kier molecular flexibility index (Phi) is 5.39. The first-order chi connectivity index (χ1) is 13.2. The van der Waals surface area contributed by atoms with E-state index in [-0.39, 0.29) is 4.90 Å². The van der Waals surface area contributed by atoms with E-state index in [1.165, 1.54) is 24.4 Å². The molecule has 148 valence electrons. The van der Waals surface area contributed by atoms with Gasteiger partial charge in [0.05, 0.1) is 10.5 Å². The number of hydrogen-bond acceptors (Lipinski definition) is 2. The van der Waals surface area contributed by atoms with Crippen LogP contribution in [-0.2, 0) is 29.0 Å². The molecule has 0 aliphatic carbocycles. The Balaban J connectivity index is 2.21. The molecule has 0 atom stereocenters. The maximum absolute atomic E-state index is 13.2. The summed E-state index contributed by atoms with van der Waals surface area (Å²) in [5.41, 5.74) is 1.36. The second kappa shape index (κ2) is 7.47. The van der Waals surface area contributed by atoms with Crippen molar-refractivity contribution >= 4 is 10.0 Å². The highest BCUT2D eigenvalue weighted by atomic mass is 32.2. The number of aromatic nitrogens is 1. The number of benzene rings is 2. The second-order valence-corrected chi connectivity index (χ2v) is 8.18. The molecule has 2 aromatic carbocycles. The van der Waals surface area contributed by atoms with Crippen LogP contribution in [0.2, 0.25) is 0 Å². The van der Waals surface area contributed by atoms with E-state index >= 15 is 0 Å². The molecule has 0 saturated heterocycles. The Bertz CT molecular complexity index is 1080. The molecule has 0 unspecified atom stereocenters. The van der Waals surface area contributed by atoms with Gasteiger partial charge in [-0.2, -0.15) is 13.2 Å². The third-order valence-corrected chi connectivity index (χ3v) is 6.42. The Labute approximate surface area is 162 Å². The van der Waals surface area contributed by atoms with E-state index in [0.29, 0.717) is 29.7 Å². The van der Waals surface area contributed by atoms with Crippen LogP contribution in [0.25, 0.3) is 11.1 Å². The highest BCUT2D eigenvalue weighted by Gasteiger charge is 2.31. The zero-order valence-corrected chi connectivity index (χ0v) is 16.3. The third kappa shape index (κ3) is 3.58. The van der Waals surface area contributed by atoms with Gasteiger partial charge in [0, 0.05) is 17.5 Å². The normalized spacial score (nSPS) is 12.3. The maximum atomic E-state index is 13.2. The van der Waals surface area contributed by atoms with Gasteiger partial charge in [-0.1, -0.05) is 38.1 Å². The molecule has 0 spiro atoms. The largest absolute Gasteiger partial charge is 0.416 e. The van der Waals surface area contributed by atoms with Crippen LogP contribution in [0.1, 0.15) is 30.7 Å². The molecule has 3 rings (SSSR count). The van der Waals surface area contributed by atoms with E-state index in [4.69, 9.17) is 0 Å². The van der Waals surface area contributed by atoms with Gasteiger partial charge in [-0.05, 0) is 54.3 Å². The molecule has 1 aromatic heterocycles. The van der Waals surface area contributed by atoms with Crippen molar-refractivity contribution < 1.29 is 21.6 Å². The molecule has 28 heavy (non-hydrogen) atoms. The van der Waals surface area contributed by atoms with Gasteiger partial charge in [0.2, 0.25) is 0 Å². The fraction of sp³-hybridized carbons (Fsp3) is 0.238. The summed E-state index contributed by atoms with van der Waals surface area (Å²) in [6, 6.07) is 13.2. The predicted molar refractivity (Wildman–Crippen MR) is 103 cm³/mol. The first-order valence-corrected chi connectivity index (χ1v) is 10.4. The Morgan fingerprint density at radius 1 is 0.893 bits per heavy atom. The summed E-state index contributed by atoms with van der Waals surface area (Å²) in [6.07, 6.45) is -2.16. The van der Waals surface area contributed by atoms with Gasteiger partial charge in [-0.25, -0.2) is 12.4 Å². The Morgan fingerprint density at radius 3 is 2.14 bits per heavy atom. The van der Waals surface area contributed by atoms with Crippen LogP contribution in [0.15, 0.2) is 65.7 Å². The van der Waals surface area contributed by atoms with E-state index in [9.17, 15) is 21.6 Å². The van der Waals surface area contributed by atoms with E-state index in [1.807, 2.05) is 6.92 Å². The standard InChI is InChI=1S/C21H20F3NO2S/c1-3-15-10-11-16(21(22,23)24)14-19(15)18-12-13-25(20(18)4-2)28(26,27)17-8-6-5-7-9-17/h5-14H,3-4H2,1-2H3. The first kappa shape index (κ1) is 20.2. The highest BCUT2D eigenvalue weighted by molar-refractivity contribution is 7.90. The Hall–Kier alpha value is -2.54. The molecule has 1 heterocycles. The molecule has 0 N–H and O–H groups in total. The lowest BCUT2D eigenvalue weighted by Gasteiger charge is -2.15. The zero-order chi connectivity index (χ0) is 20.5. The van der Waals surface area contributed by atoms with Crippen molar-refractivity contribution in [3.63, 3.8) is 0 Å². The molecular weight excluding hydrogens is 387 g/mol. The van der Waals surface area contributed by atoms with Crippen molar-refractivity contribution in [1.29, 1.82) is 0 Å². The summed E-state index contributed by atoms with van der Waals surface area (Å²) in [6.45, 7) is 3.64. The van der Waals surface area contributed by atoms with Crippen LogP contribution in [0.5, 0.6) is 0 Å². The van der Waals surface area contributed by atoms with Crippen LogP contribution in [0.4, 0.5) is 13.2 Å². The fourth-order valence-electron chi connectivity index (χ4n) is 3.28. The third-order valence-electron chi connectivity index (χ3n) is 4.70. The van der Waals surface area contributed by atoms with Gasteiger partial charge >= 0.3 is 6.18 Å². The smallest absolute Gasteiger partial charge is 0.245 e. The molecule has 7 heteroatoms. The summed E-state index contributed by atoms with van der Waals surface area (Å²) in [5.74, 6) is 0. The van der Waals surface area contributed by atoms with Crippen LogP contribution in [-0.4, -0.2) is 12.4 Å². The minimum Gasteiger partial charge on any atom is -0.245 e. The minimum atomic E-state index is -4.47. The summed E-state index contributed by atoms with van der Waals surface area (Å²) in [5, 5.41) is 0. The number of nitrogens with zero attached hydrogens (tertiary/aromatic N) is 1. The number of hydrogen-bond donors (Lipinski definition) is 0. The van der Waals surface area contributed by atoms with Crippen molar-refractivity contribution in [2.75, 3.05) is 0 Å². The van der Waals surface area contributed by atoms with Gasteiger partial charge < -0.3 is 0 Å². The van der Waals surface area contributed by atoms with Gasteiger partial charge in [0.15, 0.2) is 0 Å². The van der Waals surface area contributed by atoms with Crippen molar-refractivity contribution in [3.8, 4) is 11.1 Å². The number of halogens is 3. The van der Waals surface area contributed by atoms with E-state index < -0.39 is 21.8 Å². The lowest BCUT2D eigenvalue weighted by molar-refractivity contribution is -0.137. The number of alkyl halides is 3. The Morgan fingerprint density at radius 2 is 1.57 bits per heavy atom. The SMILES string of the molecule is CCc1ccc(C(F)(F)F)cc1-c1ccn(S(=O)(=O)c2ccccc2)c1CC. The number of aryl methyl sites for hydroxylation is 1. The first-order valence-electron chi connectivity index (χ1n) is 8.91. The summed E-state index contributed by atoms with van der Waals surface area (Å²) in [4.78, 5) is 0.131. The predicted octanol–water partition coefficient (Wildman–Crippen LogP) is 5.54. The van der Waals surface area contributed by atoms with E-state index in [2.05, 4.69) is 0 Å². The summed E-state index contributed by atoms with van der Waals surface area (Å²) < 4.78 is 66.9. The van der Waals surface area contributed by atoms with Crippen molar-refractivity contribution in [3.05, 3.63) is 77.6 Å². The molecule has 0 amide bonds. The molecule has 0 aliphatic rings. The maximum Gasteiger partial charge on any atom is 0.416 e. The fourth-order valence-corrected chi connectivity index (χ4v) is 4.75. The van der Waals surface area contributed by atoms with Crippen LogP contribution >= 0.6 is 0 Å². The summed E-state index contributed by atoms with van der Waals surface area (Å²) in [7, 11) is -3.83. The lowest BCUT2D eigenvalue weighted by Crippen LogP contribution is -2.15. The summed E-state index contributed by atoms with van der Waals surface area (Å²) >= 11 is 0. The quantitative estimate of drug-likeness (QED) is 0.557. The average molecular weight is 407 g/mol. The van der Waals surface area contributed by atoms with E-state index in [0.717, 1.165) is 21.7 Å². The molecule has 3 aromatic rings. The van der Waals surface area contributed by atoms with Crippen LogP contribution < -0.4 is 0 Å².